The summed E-state index contributed by atoms with van der Waals surface area (Å²) in [5.74, 6) is -0.565. The van der Waals surface area contributed by atoms with Crippen molar-refractivity contribution in [1.29, 1.82) is 0 Å². The Kier molecular flexibility index (Phi) is 3.27. The van der Waals surface area contributed by atoms with Crippen molar-refractivity contribution in [3.63, 3.8) is 0 Å². The third kappa shape index (κ3) is 2.14. The van der Waals surface area contributed by atoms with Gasteiger partial charge in [0.05, 0.1) is 11.9 Å². The standard InChI is InChI=1S/C15H17NO2S/c1-19-12-7-3-6-11-10-5-2-4-9(8-13(17)18)14(10)16-15(11)12/h3,6-7,9,16H,2,4-5,8H2,1H3,(H,17,18). The molecule has 1 aromatic heterocycles. The van der Waals surface area contributed by atoms with Gasteiger partial charge in [0.2, 0.25) is 0 Å². The van der Waals surface area contributed by atoms with Gasteiger partial charge in [0, 0.05) is 21.9 Å². The Morgan fingerprint density at radius 2 is 2.37 bits per heavy atom. The van der Waals surface area contributed by atoms with Crippen LogP contribution >= 0.6 is 11.8 Å². The number of H-pyrrole nitrogens is 1. The van der Waals surface area contributed by atoms with E-state index in [-0.39, 0.29) is 12.3 Å². The Bertz CT molecular complexity index is 632. The van der Waals surface area contributed by atoms with Crippen LogP contribution in [0.1, 0.15) is 36.4 Å². The molecule has 0 saturated carbocycles. The predicted octanol–water partition coefficient (Wildman–Crippen LogP) is 3.78. The first-order chi connectivity index (χ1) is 9.20. The minimum absolute atomic E-state index is 0.142. The third-order valence-corrected chi connectivity index (χ3v) is 4.74. The Balaban J connectivity index is 2.14. The van der Waals surface area contributed by atoms with Crippen LogP contribution in [0, 0.1) is 0 Å². The fourth-order valence-electron chi connectivity index (χ4n) is 3.14. The summed E-state index contributed by atoms with van der Waals surface area (Å²) in [6.45, 7) is 0. The van der Waals surface area contributed by atoms with Crippen molar-refractivity contribution in [3.05, 3.63) is 29.5 Å². The van der Waals surface area contributed by atoms with Gasteiger partial charge in [-0.2, -0.15) is 0 Å². The summed E-state index contributed by atoms with van der Waals surface area (Å²) in [6, 6.07) is 6.35. The largest absolute Gasteiger partial charge is 0.481 e. The number of benzene rings is 1. The van der Waals surface area contributed by atoms with Crippen LogP contribution in [-0.2, 0) is 11.2 Å². The molecule has 3 nitrogen and oxygen atoms in total. The summed E-state index contributed by atoms with van der Waals surface area (Å²) in [6.07, 6.45) is 5.42. The highest BCUT2D eigenvalue weighted by atomic mass is 32.2. The number of aromatic amines is 1. The van der Waals surface area contributed by atoms with Crippen LogP contribution in [0.5, 0.6) is 0 Å². The van der Waals surface area contributed by atoms with Gasteiger partial charge in [0.25, 0.3) is 0 Å². The Hall–Kier alpha value is -1.42. The van der Waals surface area contributed by atoms with E-state index >= 15 is 0 Å². The molecule has 0 fully saturated rings. The molecule has 19 heavy (non-hydrogen) atoms. The first-order valence-electron chi connectivity index (χ1n) is 6.60. The van der Waals surface area contributed by atoms with E-state index in [2.05, 4.69) is 29.4 Å². The van der Waals surface area contributed by atoms with Gasteiger partial charge in [-0.3, -0.25) is 4.79 Å². The van der Waals surface area contributed by atoms with Crippen LogP contribution in [-0.4, -0.2) is 22.3 Å². The van der Waals surface area contributed by atoms with Crippen molar-refractivity contribution < 1.29 is 9.90 Å². The van der Waals surface area contributed by atoms with Gasteiger partial charge < -0.3 is 10.1 Å². The maximum atomic E-state index is 11.0. The summed E-state index contributed by atoms with van der Waals surface area (Å²) in [5, 5.41) is 10.3. The van der Waals surface area contributed by atoms with Gasteiger partial charge in [-0.1, -0.05) is 12.1 Å². The third-order valence-electron chi connectivity index (χ3n) is 3.96. The number of aryl methyl sites for hydroxylation is 1. The molecule has 0 bridgehead atoms. The van der Waals surface area contributed by atoms with Crippen LogP contribution in [0.15, 0.2) is 23.1 Å². The van der Waals surface area contributed by atoms with Gasteiger partial charge in [-0.05, 0) is 37.1 Å². The molecular weight excluding hydrogens is 258 g/mol. The fourth-order valence-corrected chi connectivity index (χ4v) is 3.72. The van der Waals surface area contributed by atoms with Crippen LogP contribution < -0.4 is 0 Å². The summed E-state index contributed by atoms with van der Waals surface area (Å²) < 4.78 is 0. The number of carboxylic acids is 1. The van der Waals surface area contributed by atoms with Crippen molar-refractivity contribution in [1.82, 2.24) is 4.98 Å². The van der Waals surface area contributed by atoms with E-state index in [9.17, 15) is 4.79 Å². The molecule has 0 amide bonds. The molecule has 1 unspecified atom stereocenters. The van der Waals surface area contributed by atoms with Gasteiger partial charge in [-0.15, -0.1) is 11.8 Å². The molecule has 4 heteroatoms. The van der Waals surface area contributed by atoms with E-state index < -0.39 is 5.97 Å². The van der Waals surface area contributed by atoms with Crippen molar-refractivity contribution in [2.75, 3.05) is 6.26 Å². The van der Waals surface area contributed by atoms with Crippen molar-refractivity contribution in [3.8, 4) is 0 Å². The molecule has 2 aromatic rings. The summed E-state index contributed by atoms with van der Waals surface area (Å²) in [4.78, 5) is 15.7. The first kappa shape index (κ1) is 12.6. The lowest BCUT2D eigenvalue weighted by atomic mass is 9.85. The number of aromatic nitrogens is 1. The zero-order valence-electron chi connectivity index (χ0n) is 10.9. The molecule has 1 aromatic carbocycles. The fraction of sp³-hybridized carbons (Fsp3) is 0.400. The molecule has 1 aliphatic rings. The van der Waals surface area contributed by atoms with E-state index in [0.29, 0.717) is 0 Å². The number of hydrogen-bond acceptors (Lipinski definition) is 2. The predicted molar refractivity (Wildman–Crippen MR) is 78.0 cm³/mol. The second-order valence-corrected chi connectivity index (χ2v) is 5.94. The molecule has 3 rings (SSSR count). The number of carbonyl (C=O) groups is 1. The maximum Gasteiger partial charge on any atom is 0.304 e. The highest BCUT2D eigenvalue weighted by Crippen LogP contribution is 2.39. The summed E-state index contributed by atoms with van der Waals surface area (Å²) in [5.41, 5.74) is 3.67. The molecular formula is C15H17NO2S. The molecule has 0 aliphatic heterocycles. The number of aliphatic carboxylic acids is 1. The van der Waals surface area contributed by atoms with E-state index in [1.54, 1.807) is 11.8 Å². The smallest absolute Gasteiger partial charge is 0.304 e. The highest BCUT2D eigenvalue weighted by Gasteiger charge is 2.26. The van der Waals surface area contributed by atoms with Crippen LogP contribution in [0.4, 0.5) is 0 Å². The van der Waals surface area contributed by atoms with Crippen LogP contribution in [0.3, 0.4) is 0 Å². The van der Waals surface area contributed by atoms with E-state index in [4.69, 9.17) is 5.11 Å². The number of para-hydroxylation sites is 1. The van der Waals surface area contributed by atoms with Gasteiger partial charge >= 0.3 is 5.97 Å². The minimum atomic E-state index is -0.707. The van der Waals surface area contributed by atoms with Gasteiger partial charge in [-0.25, -0.2) is 0 Å². The quantitative estimate of drug-likeness (QED) is 0.838. The Morgan fingerprint density at radius 1 is 1.53 bits per heavy atom. The van der Waals surface area contributed by atoms with E-state index in [1.165, 1.54) is 21.4 Å². The number of nitrogens with one attached hydrogen (secondary N) is 1. The van der Waals surface area contributed by atoms with Gasteiger partial charge in [0.1, 0.15) is 0 Å². The van der Waals surface area contributed by atoms with Crippen LogP contribution in [0.2, 0.25) is 0 Å². The summed E-state index contributed by atoms with van der Waals surface area (Å²) in [7, 11) is 0. The second kappa shape index (κ2) is 4.93. The molecule has 1 atom stereocenters. The van der Waals surface area contributed by atoms with Crippen molar-refractivity contribution in [2.45, 2.75) is 36.5 Å². The highest BCUT2D eigenvalue weighted by molar-refractivity contribution is 7.98. The van der Waals surface area contributed by atoms with E-state index in [1.807, 2.05) is 0 Å². The monoisotopic (exact) mass is 275 g/mol. The molecule has 0 spiro atoms. The maximum absolute atomic E-state index is 11.0. The minimum Gasteiger partial charge on any atom is -0.481 e. The molecule has 2 N–H and O–H groups in total. The normalized spacial score (nSPS) is 18.5. The molecule has 0 saturated heterocycles. The number of rotatable bonds is 3. The number of fused-ring (bicyclic) bond motifs is 3. The zero-order chi connectivity index (χ0) is 13.4. The molecule has 1 aliphatic carbocycles. The Morgan fingerprint density at radius 3 is 3.11 bits per heavy atom. The van der Waals surface area contributed by atoms with Crippen LogP contribution in [0.25, 0.3) is 10.9 Å². The lowest BCUT2D eigenvalue weighted by Crippen LogP contribution is -2.13. The second-order valence-electron chi connectivity index (χ2n) is 5.09. The lowest BCUT2D eigenvalue weighted by molar-refractivity contribution is -0.137. The molecule has 0 radical (unpaired) electrons. The topological polar surface area (TPSA) is 53.1 Å². The summed E-state index contributed by atoms with van der Waals surface area (Å²) >= 11 is 1.73. The van der Waals surface area contributed by atoms with Crippen molar-refractivity contribution >= 4 is 28.6 Å². The van der Waals surface area contributed by atoms with Crippen molar-refractivity contribution in [2.24, 2.45) is 0 Å². The van der Waals surface area contributed by atoms with E-state index in [0.717, 1.165) is 25.0 Å². The number of thioether (sulfide) groups is 1. The Labute approximate surface area is 116 Å². The number of carboxylic acid groups (broad SMARTS) is 1. The average molecular weight is 275 g/mol. The number of hydrogen-bond donors (Lipinski definition) is 2. The first-order valence-corrected chi connectivity index (χ1v) is 7.82. The van der Waals surface area contributed by atoms with Gasteiger partial charge in [0.15, 0.2) is 0 Å². The zero-order valence-corrected chi connectivity index (χ0v) is 11.7. The molecule has 1 heterocycles. The lowest BCUT2D eigenvalue weighted by Gasteiger charge is -2.20. The molecule has 100 valence electrons. The SMILES string of the molecule is CSc1cccc2c3c([nH]c12)C(CC(=O)O)CCC3. The average Bonchev–Trinajstić information content (AvgIpc) is 2.78.